The highest BCUT2D eigenvalue weighted by Crippen LogP contribution is 2.24. The van der Waals surface area contributed by atoms with Crippen molar-refractivity contribution < 1.29 is 19.1 Å². The van der Waals surface area contributed by atoms with Gasteiger partial charge in [0, 0.05) is 13.6 Å². The van der Waals surface area contributed by atoms with Gasteiger partial charge in [-0.25, -0.2) is 9.79 Å². The molecule has 0 radical (unpaired) electrons. The van der Waals surface area contributed by atoms with Crippen LogP contribution in [-0.4, -0.2) is 61.9 Å². The molecule has 10 heteroatoms. The molecule has 0 aromatic heterocycles. The zero-order valence-corrected chi connectivity index (χ0v) is 20.0. The number of ether oxygens (including phenoxy) is 1. The number of guanidine groups is 1. The van der Waals surface area contributed by atoms with Crippen molar-refractivity contribution in [1.82, 2.24) is 15.5 Å². The second-order valence-electron chi connectivity index (χ2n) is 7.58. The third-order valence-corrected chi connectivity index (χ3v) is 5.87. The summed E-state index contributed by atoms with van der Waals surface area (Å²) >= 11 is 12.2. The predicted molar refractivity (Wildman–Crippen MR) is 125 cm³/mol. The maximum atomic E-state index is 12.6. The van der Waals surface area contributed by atoms with Gasteiger partial charge in [-0.1, -0.05) is 61.4 Å². The normalized spacial score (nSPS) is 14.2. The van der Waals surface area contributed by atoms with Crippen molar-refractivity contribution in [3.8, 4) is 0 Å². The number of carbonyl (C=O) groups excluding carboxylic acids is 3. The molecule has 1 heterocycles. The molecule has 0 bridgehead atoms. The lowest BCUT2D eigenvalue weighted by atomic mass is 10.0. The van der Waals surface area contributed by atoms with Crippen LogP contribution in [-0.2, 0) is 14.3 Å². The highest BCUT2D eigenvalue weighted by molar-refractivity contribution is 6.39. The second-order valence-corrected chi connectivity index (χ2v) is 8.39. The van der Waals surface area contributed by atoms with E-state index in [1.807, 2.05) is 0 Å². The number of rotatable bonds is 12. The van der Waals surface area contributed by atoms with Crippen LogP contribution in [0.3, 0.4) is 0 Å². The molecular weight excluding hydrogens is 455 g/mol. The molecule has 8 nitrogen and oxygen atoms in total. The van der Waals surface area contributed by atoms with Crippen LogP contribution >= 0.6 is 23.2 Å². The minimum atomic E-state index is -0.754. The summed E-state index contributed by atoms with van der Waals surface area (Å²) in [6, 6.07) is 4.04. The number of hydrogen-bond donors (Lipinski definition) is 2. The first-order valence-electron chi connectivity index (χ1n) is 10.7. The maximum Gasteiger partial charge on any atom is 0.328 e. The number of methoxy groups -OCH3 is 1. The van der Waals surface area contributed by atoms with Gasteiger partial charge in [0.05, 0.1) is 22.7 Å². The molecule has 0 spiro atoms. The van der Waals surface area contributed by atoms with Crippen molar-refractivity contribution >= 4 is 46.9 Å². The molecule has 0 fully saturated rings. The molecule has 0 aliphatic carbocycles. The number of likely N-dealkylation sites (N-methyl/N-ethyl adjacent to an activating group) is 1. The van der Waals surface area contributed by atoms with Crippen LogP contribution in [0.2, 0.25) is 10.0 Å². The van der Waals surface area contributed by atoms with Crippen molar-refractivity contribution in [2.45, 2.75) is 51.0 Å². The number of benzene rings is 1. The highest BCUT2D eigenvalue weighted by atomic mass is 35.5. The number of nitrogens with one attached hydrogen (secondary N) is 2. The standard InChI is InChI=1S/C22H30Cl2N4O4/c1-28-18(29)14-26-22(28)25-13-8-6-4-3-5-7-12-17(21(31)32-2)27-20(30)19-15(23)10-9-11-16(19)24/h9-11,17H,3-8,12-14H2,1-2H3,(H,25,26)(H,27,30)/t17-/m0/s1. The zero-order chi connectivity index (χ0) is 23.5. The first kappa shape index (κ1) is 25.9. The highest BCUT2D eigenvalue weighted by Gasteiger charge is 2.24. The van der Waals surface area contributed by atoms with Gasteiger partial charge < -0.3 is 15.4 Å². The number of carbonyl (C=O) groups is 3. The number of esters is 1. The Kier molecular flexibility index (Phi) is 10.8. The average Bonchev–Trinajstić information content (AvgIpc) is 3.08. The lowest BCUT2D eigenvalue weighted by molar-refractivity contribution is -0.143. The van der Waals surface area contributed by atoms with Crippen LogP contribution in [0.1, 0.15) is 55.3 Å². The quantitative estimate of drug-likeness (QED) is 0.349. The second kappa shape index (κ2) is 13.3. The fourth-order valence-corrected chi connectivity index (χ4v) is 3.93. The molecule has 1 aliphatic heterocycles. The summed E-state index contributed by atoms with van der Waals surface area (Å²) in [5.41, 5.74) is 0.150. The zero-order valence-electron chi connectivity index (χ0n) is 18.5. The molecular formula is C22H30Cl2N4O4. The summed E-state index contributed by atoms with van der Waals surface area (Å²) in [5.74, 6) is -0.346. The predicted octanol–water partition coefficient (Wildman–Crippen LogP) is 3.41. The Hall–Kier alpha value is -2.32. The molecule has 1 aromatic rings. The van der Waals surface area contributed by atoms with Gasteiger partial charge in [-0.15, -0.1) is 0 Å². The van der Waals surface area contributed by atoms with Crippen molar-refractivity contribution in [3.63, 3.8) is 0 Å². The van der Waals surface area contributed by atoms with Crippen molar-refractivity contribution in [1.29, 1.82) is 0 Å². The molecule has 2 amide bonds. The molecule has 1 aromatic carbocycles. The molecule has 176 valence electrons. The van der Waals surface area contributed by atoms with Crippen LogP contribution in [0, 0.1) is 0 Å². The van der Waals surface area contributed by atoms with Gasteiger partial charge in [0.15, 0.2) is 0 Å². The summed E-state index contributed by atoms with van der Waals surface area (Å²) in [4.78, 5) is 41.7. The van der Waals surface area contributed by atoms with E-state index >= 15 is 0 Å². The summed E-state index contributed by atoms with van der Waals surface area (Å²) in [6.07, 6.45) is 6.32. The summed E-state index contributed by atoms with van der Waals surface area (Å²) < 4.78 is 4.83. The molecule has 2 rings (SSSR count). The molecule has 0 saturated heterocycles. The SMILES string of the molecule is COC(=O)[C@H](CCCCCCCCNC1=NCC(=O)N1C)NC(=O)c1c(Cl)cccc1Cl. The van der Waals surface area contributed by atoms with E-state index in [0.717, 1.165) is 45.1 Å². The number of unbranched alkanes of at least 4 members (excludes halogenated alkanes) is 5. The van der Waals surface area contributed by atoms with Gasteiger partial charge in [-0.2, -0.15) is 0 Å². The molecule has 1 aliphatic rings. The fourth-order valence-electron chi connectivity index (χ4n) is 3.36. The van der Waals surface area contributed by atoms with Gasteiger partial charge in [0.1, 0.15) is 12.6 Å². The van der Waals surface area contributed by atoms with Gasteiger partial charge in [0.25, 0.3) is 11.8 Å². The molecule has 2 N–H and O–H groups in total. The first-order chi connectivity index (χ1) is 15.3. The summed E-state index contributed by atoms with van der Waals surface area (Å²) in [5, 5.41) is 6.33. The van der Waals surface area contributed by atoms with Crippen molar-refractivity contribution in [2.75, 3.05) is 27.2 Å². The van der Waals surface area contributed by atoms with Crippen molar-refractivity contribution in [2.24, 2.45) is 4.99 Å². The van der Waals surface area contributed by atoms with E-state index < -0.39 is 17.9 Å². The Bertz CT molecular complexity index is 827. The third-order valence-electron chi connectivity index (χ3n) is 5.24. The molecule has 0 saturated carbocycles. The number of nitrogens with zero attached hydrogens (tertiary/aromatic N) is 2. The van der Waals surface area contributed by atoms with Crippen molar-refractivity contribution in [3.05, 3.63) is 33.8 Å². The molecule has 0 unspecified atom stereocenters. The Morgan fingerprint density at radius 1 is 1.12 bits per heavy atom. The van der Waals surface area contributed by atoms with E-state index in [2.05, 4.69) is 15.6 Å². The number of halogens is 2. The summed E-state index contributed by atoms with van der Waals surface area (Å²) in [7, 11) is 3.01. The molecule has 32 heavy (non-hydrogen) atoms. The van der Waals surface area contributed by atoms with Gasteiger partial charge in [-0.05, 0) is 25.0 Å². The van der Waals surface area contributed by atoms with Crippen LogP contribution in [0.15, 0.2) is 23.2 Å². The van der Waals surface area contributed by atoms with Crippen LogP contribution < -0.4 is 10.6 Å². The minimum Gasteiger partial charge on any atom is -0.467 e. The van der Waals surface area contributed by atoms with E-state index in [-0.39, 0.29) is 28.1 Å². The van der Waals surface area contributed by atoms with Crippen LogP contribution in [0.25, 0.3) is 0 Å². The Morgan fingerprint density at radius 3 is 2.34 bits per heavy atom. The Labute approximate surface area is 198 Å². The van der Waals surface area contributed by atoms with E-state index in [0.29, 0.717) is 12.4 Å². The summed E-state index contributed by atoms with van der Waals surface area (Å²) in [6.45, 7) is 0.995. The average molecular weight is 485 g/mol. The lowest BCUT2D eigenvalue weighted by Crippen LogP contribution is -2.41. The Morgan fingerprint density at radius 2 is 1.75 bits per heavy atom. The van der Waals surface area contributed by atoms with E-state index in [1.165, 1.54) is 12.0 Å². The monoisotopic (exact) mass is 484 g/mol. The first-order valence-corrected chi connectivity index (χ1v) is 11.5. The Balaban J connectivity index is 1.65. The lowest BCUT2D eigenvalue weighted by Gasteiger charge is -2.17. The topological polar surface area (TPSA) is 100 Å². The smallest absolute Gasteiger partial charge is 0.328 e. The maximum absolute atomic E-state index is 12.6. The van der Waals surface area contributed by atoms with Gasteiger partial charge in [0.2, 0.25) is 5.96 Å². The third kappa shape index (κ3) is 7.67. The number of amides is 2. The van der Waals surface area contributed by atoms with Crippen LogP contribution in [0.4, 0.5) is 0 Å². The van der Waals surface area contributed by atoms with E-state index in [4.69, 9.17) is 27.9 Å². The molecule has 1 atom stereocenters. The number of hydrogen-bond acceptors (Lipinski definition) is 6. The van der Waals surface area contributed by atoms with Gasteiger partial charge >= 0.3 is 5.97 Å². The number of aliphatic imine (C=N–C) groups is 1. The van der Waals surface area contributed by atoms with E-state index in [9.17, 15) is 14.4 Å². The minimum absolute atomic E-state index is 0.00362. The fraction of sp³-hybridized carbons (Fsp3) is 0.545. The largest absolute Gasteiger partial charge is 0.467 e. The van der Waals surface area contributed by atoms with Gasteiger partial charge in [-0.3, -0.25) is 14.5 Å². The van der Waals surface area contributed by atoms with Crippen LogP contribution in [0.5, 0.6) is 0 Å². The van der Waals surface area contributed by atoms with E-state index in [1.54, 1.807) is 25.2 Å².